The van der Waals surface area contributed by atoms with Crippen molar-refractivity contribution >= 4 is 23.4 Å². The van der Waals surface area contributed by atoms with Crippen LogP contribution in [0.2, 0.25) is 0 Å². The Morgan fingerprint density at radius 2 is 1.89 bits per heavy atom. The molecule has 2 N–H and O–H groups in total. The summed E-state index contributed by atoms with van der Waals surface area (Å²) in [4.78, 5) is 25.2. The third kappa shape index (κ3) is 3.43. The number of amides is 2. The predicted molar refractivity (Wildman–Crippen MR) is 65.6 cm³/mol. The lowest BCUT2D eigenvalue weighted by Gasteiger charge is -2.05. The van der Waals surface area contributed by atoms with Crippen LogP contribution in [0, 0.1) is 10.1 Å². The van der Waals surface area contributed by atoms with E-state index < -0.39 is 11.0 Å². The summed E-state index contributed by atoms with van der Waals surface area (Å²) >= 11 is 0. The highest BCUT2D eigenvalue weighted by atomic mass is 16.6. The number of aromatic nitrogens is 3. The van der Waals surface area contributed by atoms with Crippen molar-refractivity contribution in [3.05, 3.63) is 46.8 Å². The Morgan fingerprint density at radius 3 is 2.47 bits per heavy atom. The van der Waals surface area contributed by atoms with Gasteiger partial charge in [-0.2, -0.15) is 5.10 Å². The minimum Gasteiger partial charge on any atom is -0.308 e. The Hall–Kier alpha value is -3.10. The zero-order valence-electron chi connectivity index (χ0n) is 9.48. The molecule has 0 aliphatic heterocycles. The van der Waals surface area contributed by atoms with Gasteiger partial charge in [-0.3, -0.25) is 15.4 Å². The number of nitrogens with one attached hydrogen (secondary N) is 2. The van der Waals surface area contributed by atoms with Gasteiger partial charge in [0.25, 0.3) is 11.6 Å². The first-order valence-corrected chi connectivity index (χ1v) is 5.11. The number of rotatable bonds is 3. The highest BCUT2D eigenvalue weighted by Gasteiger charge is 2.07. The lowest BCUT2D eigenvalue weighted by Crippen LogP contribution is -2.20. The molecule has 19 heavy (non-hydrogen) atoms. The first kappa shape index (κ1) is 12.4. The fraction of sp³-hybridized carbons (Fsp3) is 0. The van der Waals surface area contributed by atoms with Crippen molar-refractivity contribution in [2.75, 3.05) is 10.6 Å². The van der Waals surface area contributed by atoms with E-state index in [4.69, 9.17) is 0 Å². The monoisotopic (exact) mass is 260 g/mol. The predicted octanol–water partition coefficient (Wildman–Crippen LogP) is 1.42. The summed E-state index contributed by atoms with van der Waals surface area (Å²) in [7, 11) is 0. The maximum atomic E-state index is 11.5. The molecule has 0 unspecified atom stereocenters. The highest BCUT2D eigenvalue weighted by Crippen LogP contribution is 2.15. The number of carbonyl (C=O) groups excluding carboxylic acids is 1. The Kier molecular flexibility index (Phi) is 3.57. The molecule has 2 rings (SSSR count). The van der Waals surface area contributed by atoms with E-state index in [1.807, 2.05) is 0 Å². The largest absolute Gasteiger partial charge is 0.326 e. The van der Waals surface area contributed by atoms with Gasteiger partial charge >= 0.3 is 6.03 Å². The van der Waals surface area contributed by atoms with E-state index in [0.717, 1.165) is 0 Å². The summed E-state index contributed by atoms with van der Waals surface area (Å²) in [6.45, 7) is 0. The molecule has 1 aromatic carbocycles. The molecule has 0 aliphatic carbocycles. The molecular weight excluding hydrogens is 252 g/mol. The lowest BCUT2D eigenvalue weighted by atomic mass is 10.3. The SMILES string of the molecule is O=C(Nc1ccc([N+](=O)[O-])cc1)Nc1nccnn1. The molecule has 2 amide bonds. The summed E-state index contributed by atoms with van der Waals surface area (Å²) in [5, 5.41) is 22.4. The number of nitrogens with zero attached hydrogens (tertiary/aromatic N) is 4. The number of carbonyl (C=O) groups is 1. The quantitative estimate of drug-likeness (QED) is 0.635. The second kappa shape index (κ2) is 5.49. The van der Waals surface area contributed by atoms with E-state index in [1.165, 1.54) is 36.7 Å². The standard InChI is InChI=1S/C10H8N6O3/c17-10(14-9-11-5-6-12-15-9)13-7-1-3-8(4-2-7)16(18)19/h1-6H,(H2,11,13,14,15,17). The first-order chi connectivity index (χ1) is 9.15. The van der Waals surface area contributed by atoms with E-state index in [2.05, 4.69) is 25.8 Å². The fourth-order valence-electron chi connectivity index (χ4n) is 1.24. The number of benzene rings is 1. The zero-order chi connectivity index (χ0) is 13.7. The molecule has 0 saturated carbocycles. The van der Waals surface area contributed by atoms with Crippen molar-refractivity contribution < 1.29 is 9.72 Å². The number of non-ortho nitro benzene ring substituents is 1. The number of nitro benzene ring substituents is 1. The molecule has 0 radical (unpaired) electrons. The van der Waals surface area contributed by atoms with Crippen molar-refractivity contribution in [3.63, 3.8) is 0 Å². The van der Waals surface area contributed by atoms with Crippen LogP contribution in [0.5, 0.6) is 0 Å². The van der Waals surface area contributed by atoms with Gasteiger partial charge in [0.05, 0.1) is 17.3 Å². The Morgan fingerprint density at radius 1 is 1.16 bits per heavy atom. The van der Waals surface area contributed by atoms with E-state index >= 15 is 0 Å². The molecule has 0 saturated heterocycles. The molecule has 2 aromatic rings. The van der Waals surface area contributed by atoms with Gasteiger partial charge in [-0.25, -0.2) is 9.78 Å². The van der Waals surface area contributed by atoms with Crippen LogP contribution < -0.4 is 10.6 Å². The number of urea groups is 1. The van der Waals surface area contributed by atoms with Crippen LogP contribution in [0.1, 0.15) is 0 Å². The van der Waals surface area contributed by atoms with Crippen molar-refractivity contribution in [2.45, 2.75) is 0 Å². The Bertz CT molecular complexity index is 586. The fourth-order valence-corrected chi connectivity index (χ4v) is 1.24. The molecule has 96 valence electrons. The summed E-state index contributed by atoms with van der Waals surface area (Å²) < 4.78 is 0. The minimum atomic E-state index is -0.568. The molecule has 0 aliphatic rings. The second-order valence-electron chi connectivity index (χ2n) is 3.35. The van der Waals surface area contributed by atoms with Gasteiger partial charge in [-0.15, -0.1) is 5.10 Å². The number of hydrogen-bond donors (Lipinski definition) is 2. The maximum absolute atomic E-state index is 11.5. The third-order valence-corrected chi connectivity index (χ3v) is 2.04. The van der Waals surface area contributed by atoms with Gasteiger partial charge in [0.1, 0.15) is 0 Å². The maximum Gasteiger partial charge on any atom is 0.326 e. The van der Waals surface area contributed by atoms with Gasteiger partial charge < -0.3 is 5.32 Å². The zero-order valence-corrected chi connectivity index (χ0v) is 9.48. The van der Waals surface area contributed by atoms with E-state index in [1.54, 1.807) is 0 Å². The Balaban J connectivity index is 1.97. The number of anilines is 2. The van der Waals surface area contributed by atoms with Crippen LogP contribution in [0.15, 0.2) is 36.7 Å². The average Bonchev–Trinajstić information content (AvgIpc) is 2.40. The van der Waals surface area contributed by atoms with E-state index in [-0.39, 0.29) is 11.6 Å². The Labute approximate surface area is 106 Å². The molecule has 0 fully saturated rings. The van der Waals surface area contributed by atoms with Gasteiger partial charge in [0.2, 0.25) is 0 Å². The smallest absolute Gasteiger partial charge is 0.308 e. The minimum absolute atomic E-state index is 0.0541. The number of hydrogen-bond acceptors (Lipinski definition) is 6. The molecule has 0 spiro atoms. The number of nitro groups is 1. The van der Waals surface area contributed by atoms with E-state index in [0.29, 0.717) is 5.69 Å². The summed E-state index contributed by atoms with van der Waals surface area (Å²) in [5.41, 5.74) is 0.355. The topological polar surface area (TPSA) is 123 Å². The van der Waals surface area contributed by atoms with Crippen LogP contribution in [0.25, 0.3) is 0 Å². The molecular formula is C10H8N6O3. The summed E-state index contributed by atoms with van der Waals surface area (Å²) in [5.74, 6) is 0.0573. The molecule has 1 heterocycles. The molecule has 0 atom stereocenters. The molecule has 9 heteroatoms. The van der Waals surface area contributed by atoms with Crippen LogP contribution in [-0.2, 0) is 0 Å². The van der Waals surface area contributed by atoms with Gasteiger partial charge in [-0.05, 0) is 12.1 Å². The highest BCUT2D eigenvalue weighted by molar-refractivity contribution is 5.98. The van der Waals surface area contributed by atoms with Gasteiger partial charge in [-0.1, -0.05) is 0 Å². The lowest BCUT2D eigenvalue weighted by molar-refractivity contribution is -0.384. The first-order valence-electron chi connectivity index (χ1n) is 5.11. The van der Waals surface area contributed by atoms with Crippen LogP contribution in [0.4, 0.5) is 22.1 Å². The van der Waals surface area contributed by atoms with Crippen molar-refractivity contribution in [2.24, 2.45) is 0 Å². The van der Waals surface area contributed by atoms with E-state index in [9.17, 15) is 14.9 Å². The molecule has 0 bridgehead atoms. The molecule has 9 nitrogen and oxygen atoms in total. The van der Waals surface area contributed by atoms with Crippen LogP contribution >= 0.6 is 0 Å². The average molecular weight is 260 g/mol. The molecule has 1 aromatic heterocycles. The van der Waals surface area contributed by atoms with Crippen molar-refractivity contribution in [1.29, 1.82) is 0 Å². The summed E-state index contributed by atoms with van der Waals surface area (Å²) in [6, 6.07) is 4.84. The van der Waals surface area contributed by atoms with Crippen molar-refractivity contribution in [3.8, 4) is 0 Å². The van der Waals surface area contributed by atoms with Gasteiger partial charge in [0, 0.05) is 17.8 Å². The third-order valence-electron chi connectivity index (χ3n) is 2.04. The normalized spacial score (nSPS) is 9.68. The van der Waals surface area contributed by atoms with Crippen molar-refractivity contribution in [1.82, 2.24) is 15.2 Å². The van der Waals surface area contributed by atoms with Crippen LogP contribution in [-0.4, -0.2) is 26.1 Å². The second-order valence-corrected chi connectivity index (χ2v) is 3.35. The summed E-state index contributed by atoms with van der Waals surface area (Å²) in [6.07, 6.45) is 2.76. The van der Waals surface area contributed by atoms with Gasteiger partial charge in [0.15, 0.2) is 0 Å². The van der Waals surface area contributed by atoms with Crippen LogP contribution in [0.3, 0.4) is 0 Å².